The number of carbonyl (C=O) groups is 3. The van der Waals surface area contributed by atoms with E-state index in [0.29, 0.717) is 17.9 Å². The SMILES string of the molecule is CCC(=O)Oc1ccc(N2C(=O)C3C4C=CC(C4)C3C2=O)cc1. The molecule has 0 N–H and O–H groups in total. The molecule has 1 saturated carbocycles. The van der Waals surface area contributed by atoms with Gasteiger partial charge in [0.05, 0.1) is 17.5 Å². The Morgan fingerprint density at radius 2 is 1.65 bits per heavy atom. The van der Waals surface area contributed by atoms with Crippen molar-refractivity contribution in [2.45, 2.75) is 19.8 Å². The second-order valence-corrected chi connectivity index (χ2v) is 6.33. The Kier molecular flexibility index (Phi) is 3.11. The van der Waals surface area contributed by atoms with E-state index >= 15 is 0 Å². The number of hydrogen-bond donors (Lipinski definition) is 0. The van der Waals surface area contributed by atoms with Crippen molar-refractivity contribution < 1.29 is 19.1 Å². The Labute approximate surface area is 133 Å². The zero-order valence-electron chi connectivity index (χ0n) is 12.8. The Hall–Kier alpha value is -2.43. The van der Waals surface area contributed by atoms with E-state index in [-0.39, 0.29) is 41.5 Å². The number of hydrogen-bond acceptors (Lipinski definition) is 4. The van der Waals surface area contributed by atoms with Crippen LogP contribution in [0.3, 0.4) is 0 Å². The van der Waals surface area contributed by atoms with Crippen molar-refractivity contribution >= 4 is 23.5 Å². The van der Waals surface area contributed by atoms with Crippen LogP contribution in [-0.4, -0.2) is 17.8 Å². The number of benzene rings is 1. The highest BCUT2D eigenvalue weighted by atomic mass is 16.5. The average molecular weight is 311 g/mol. The molecule has 1 aliphatic heterocycles. The van der Waals surface area contributed by atoms with Crippen LogP contribution in [0.1, 0.15) is 19.8 Å². The normalized spacial score (nSPS) is 30.9. The summed E-state index contributed by atoms with van der Waals surface area (Å²) in [6, 6.07) is 6.55. The maximum absolute atomic E-state index is 12.7. The van der Waals surface area contributed by atoms with Crippen molar-refractivity contribution in [1.29, 1.82) is 0 Å². The fourth-order valence-electron chi connectivity index (χ4n) is 4.02. The lowest BCUT2D eigenvalue weighted by atomic mass is 9.85. The summed E-state index contributed by atoms with van der Waals surface area (Å²) >= 11 is 0. The zero-order valence-corrected chi connectivity index (χ0v) is 12.8. The van der Waals surface area contributed by atoms with Crippen LogP contribution in [0, 0.1) is 23.7 Å². The number of rotatable bonds is 3. The van der Waals surface area contributed by atoms with Gasteiger partial charge in [-0.25, -0.2) is 0 Å². The quantitative estimate of drug-likeness (QED) is 0.372. The summed E-state index contributed by atoms with van der Waals surface area (Å²) in [4.78, 5) is 38.0. The summed E-state index contributed by atoms with van der Waals surface area (Å²) in [5.74, 6) is -0.0900. The number of nitrogens with zero attached hydrogens (tertiary/aromatic N) is 1. The molecule has 4 rings (SSSR count). The lowest BCUT2D eigenvalue weighted by Gasteiger charge is -2.17. The topological polar surface area (TPSA) is 63.7 Å². The largest absolute Gasteiger partial charge is 0.427 e. The summed E-state index contributed by atoms with van der Waals surface area (Å²) in [7, 11) is 0. The van der Waals surface area contributed by atoms with E-state index in [9.17, 15) is 14.4 Å². The summed E-state index contributed by atoms with van der Waals surface area (Å²) in [5.41, 5.74) is 0.546. The van der Waals surface area contributed by atoms with Gasteiger partial charge < -0.3 is 4.74 Å². The molecule has 1 saturated heterocycles. The van der Waals surface area contributed by atoms with Gasteiger partial charge >= 0.3 is 5.97 Å². The minimum absolute atomic E-state index is 0.102. The summed E-state index contributed by atoms with van der Waals surface area (Å²) in [5, 5.41) is 0. The Morgan fingerprint density at radius 1 is 1.09 bits per heavy atom. The maximum Gasteiger partial charge on any atom is 0.310 e. The van der Waals surface area contributed by atoms with Gasteiger partial charge in [0.25, 0.3) is 0 Å². The van der Waals surface area contributed by atoms with Crippen LogP contribution in [0.15, 0.2) is 36.4 Å². The Balaban J connectivity index is 1.58. The van der Waals surface area contributed by atoms with Crippen molar-refractivity contribution in [3.05, 3.63) is 36.4 Å². The molecule has 118 valence electrons. The highest BCUT2D eigenvalue weighted by molar-refractivity contribution is 6.22. The predicted octanol–water partition coefficient (Wildman–Crippen LogP) is 2.31. The van der Waals surface area contributed by atoms with Crippen molar-refractivity contribution in [2.24, 2.45) is 23.7 Å². The highest BCUT2D eigenvalue weighted by Gasteiger charge is 2.59. The smallest absolute Gasteiger partial charge is 0.310 e. The van der Waals surface area contributed by atoms with Crippen molar-refractivity contribution in [1.82, 2.24) is 0 Å². The molecular weight excluding hydrogens is 294 g/mol. The minimum atomic E-state index is -0.316. The van der Waals surface area contributed by atoms with Crippen molar-refractivity contribution in [2.75, 3.05) is 4.90 Å². The molecule has 2 bridgehead atoms. The first kappa shape index (κ1) is 14.2. The van der Waals surface area contributed by atoms with Gasteiger partial charge in [-0.2, -0.15) is 0 Å². The fraction of sp³-hybridized carbons (Fsp3) is 0.389. The fourth-order valence-corrected chi connectivity index (χ4v) is 4.02. The molecule has 2 amide bonds. The van der Waals surface area contributed by atoms with Gasteiger partial charge in [0.2, 0.25) is 11.8 Å². The van der Waals surface area contributed by atoms with E-state index in [0.717, 1.165) is 6.42 Å². The van der Waals surface area contributed by atoms with Gasteiger partial charge in [-0.05, 0) is 42.5 Å². The number of fused-ring (bicyclic) bond motifs is 5. The molecule has 23 heavy (non-hydrogen) atoms. The molecule has 5 heteroatoms. The predicted molar refractivity (Wildman–Crippen MR) is 82.6 cm³/mol. The second-order valence-electron chi connectivity index (χ2n) is 6.33. The van der Waals surface area contributed by atoms with E-state index in [4.69, 9.17) is 4.74 Å². The first-order chi connectivity index (χ1) is 11.1. The average Bonchev–Trinajstić information content (AvgIpc) is 3.23. The summed E-state index contributed by atoms with van der Waals surface area (Å²) < 4.78 is 5.12. The van der Waals surface area contributed by atoms with Crippen molar-refractivity contribution in [3.63, 3.8) is 0 Å². The van der Waals surface area contributed by atoms with E-state index in [1.54, 1.807) is 31.2 Å². The van der Waals surface area contributed by atoms with Crippen LogP contribution in [-0.2, 0) is 14.4 Å². The van der Waals surface area contributed by atoms with Gasteiger partial charge in [0.15, 0.2) is 0 Å². The molecule has 2 fully saturated rings. The number of ether oxygens (including phenoxy) is 1. The Morgan fingerprint density at radius 3 is 2.17 bits per heavy atom. The number of esters is 1. The number of anilines is 1. The number of carbonyl (C=O) groups excluding carboxylic acids is 3. The molecule has 4 atom stereocenters. The van der Waals surface area contributed by atoms with Crippen LogP contribution in [0.2, 0.25) is 0 Å². The molecule has 4 unspecified atom stereocenters. The van der Waals surface area contributed by atoms with Crippen LogP contribution in [0.5, 0.6) is 5.75 Å². The van der Waals surface area contributed by atoms with Crippen molar-refractivity contribution in [3.8, 4) is 5.75 Å². The number of amides is 2. The lowest BCUT2D eigenvalue weighted by Crippen LogP contribution is -2.32. The van der Waals surface area contributed by atoms with Gasteiger partial charge in [0, 0.05) is 6.42 Å². The molecule has 0 spiro atoms. The van der Waals surface area contributed by atoms with E-state index in [1.807, 2.05) is 0 Å². The zero-order chi connectivity index (χ0) is 16.1. The van der Waals surface area contributed by atoms with E-state index in [1.165, 1.54) is 4.90 Å². The van der Waals surface area contributed by atoms with Gasteiger partial charge in [-0.15, -0.1) is 0 Å². The molecule has 3 aliphatic rings. The van der Waals surface area contributed by atoms with Crippen LogP contribution in [0.4, 0.5) is 5.69 Å². The molecule has 1 heterocycles. The minimum Gasteiger partial charge on any atom is -0.427 e. The van der Waals surface area contributed by atoms with Gasteiger partial charge in [-0.1, -0.05) is 19.1 Å². The molecule has 0 aromatic heterocycles. The lowest BCUT2D eigenvalue weighted by molar-refractivity contribution is -0.134. The van der Waals surface area contributed by atoms with Crippen LogP contribution >= 0.6 is 0 Å². The molecule has 5 nitrogen and oxygen atoms in total. The monoisotopic (exact) mass is 311 g/mol. The first-order valence-electron chi connectivity index (χ1n) is 7.97. The summed E-state index contributed by atoms with van der Waals surface area (Å²) in [6.07, 6.45) is 5.37. The van der Waals surface area contributed by atoms with Crippen LogP contribution < -0.4 is 9.64 Å². The maximum atomic E-state index is 12.7. The Bertz CT molecular complexity index is 691. The third-order valence-electron chi connectivity index (χ3n) is 5.09. The van der Waals surface area contributed by atoms with E-state index in [2.05, 4.69) is 12.2 Å². The molecular formula is C18H17NO4. The second kappa shape index (κ2) is 5.05. The van der Waals surface area contributed by atoms with Gasteiger partial charge in [0.1, 0.15) is 5.75 Å². The van der Waals surface area contributed by atoms with E-state index < -0.39 is 0 Å². The molecule has 0 radical (unpaired) electrons. The third-order valence-corrected chi connectivity index (χ3v) is 5.09. The number of imide groups is 1. The molecule has 2 aliphatic carbocycles. The van der Waals surface area contributed by atoms with Crippen LogP contribution in [0.25, 0.3) is 0 Å². The molecule has 1 aromatic rings. The highest BCUT2D eigenvalue weighted by Crippen LogP contribution is 2.53. The molecule has 1 aromatic carbocycles. The first-order valence-corrected chi connectivity index (χ1v) is 7.97. The third kappa shape index (κ3) is 2.03. The summed E-state index contributed by atoms with van der Waals surface area (Å²) in [6.45, 7) is 1.72. The number of allylic oxidation sites excluding steroid dienone is 2. The van der Waals surface area contributed by atoms with Gasteiger partial charge in [-0.3, -0.25) is 19.3 Å². The standard InChI is InChI=1S/C18H17NO4/c1-2-14(20)23-13-7-5-12(6-8-13)19-17(21)15-10-3-4-11(9-10)16(15)18(19)22/h3-8,10-11,15-16H,2,9H2,1H3.